The topological polar surface area (TPSA) is 0 Å². The van der Waals surface area contributed by atoms with Crippen LogP contribution in [0.5, 0.6) is 0 Å². The molecular weight excluding hydrogens is 220 g/mol. The third-order valence-electron chi connectivity index (χ3n) is 3.19. The average Bonchev–Trinajstić information content (AvgIpc) is 2.39. The Morgan fingerprint density at radius 3 is 2.06 bits per heavy atom. The number of hydrogen-bond acceptors (Lipinski definition) is 0. The third-order valence-corrected chi connectivity index (χ3v) is 5.66. The smallest absolute Gasteiger partial charge is 0.0628 e. The first-order chi connectivity index (χ1) is 8.20. The zero-order chi connectivity index (χ0) is 12.3. The number of benzene rings is 2. The molecule has 0 fully saturated rings. The highest BCUT2D eigenvalue weighted by Crippen LogP contribution is 2.12. The van der Waals surface area contributed by atoms with Gasteiger partial charge in [0.05, 0.1) is 0 Å². The van der Waals surface area contributed by atoms with E-state index < -0.39 is 8.80 Å². The molecule has 0 saturated carbocycles. The van der Waals surface area contributed by atoms with Crippen LogP contribution in [-0.2, 0) is 0 Å². The molecule has 1 radical (unpaired) electrons. The Balaban J connectivity index is 2.41. The first-order valence-electron chi connectivity index (χ1n) is 6.18. The number of hydrogen-bond donors (Lipinski definition) is 0. The largest absolute Gasteiger partial charge is 0.118 e. The van der Waals surface area contributed by atoms with Crippen LogP contribution in [0.2, 0.25) is 6.55 Å². The van der Waals surface area contributed by atoms with Crippen LogP contribution in [0.4, 0.5) is 0 Å². The van der Waals surface area contributed by atoms with Crippen LogP contribution in [0.3, 0.4) is 0 Å². The third kappa shape index (κ3) is 2.67. The van der Waals surface area contributed by atoms with E-state index in [9.17, 15) is 0 Å². The Kier molecular flexibility index (Phi) is 3.80. The molecule has 87 valence electrons. The summed E-state index contributed by atoms with van der Waals surface area (Å²) in [6.45, 7) is 6.94. The standard InChI is InChI=1S/C16H19Si/c1-13(2)15-11-7-8-12-16(15)17(3)14-9-5-4-6-10-14/h4-13H,1-3H3. The molecule has 0 N–H and O–H groups in total. The highest BCUT2D eigenvalue weighted by Gasteiger charge is 2.15. The van der Waals surface area contributed by atoms with Crippen LogP contribution in [-0.4, -0.2) is 8.80 Å². The normalized spacial score (nSPS) is 11.1. The molecule has 0 spiro atoms. The summed E-state index contributed by atoms with van der Waals surface area (Å²) in [6, 6.07) is 19.8. The second kappa shape index (κ2) is 5.33. The Hall–Kier alpha value is -1.34. The van der Waals surface area contributed by atoms with Crippen molar-refractivity contribution in [2.45, 2.75) is 26.3 Å². The minimum absolute atomic E-state index is 0.606. The van der Waals surface area contributed by atoms with Crippen LogP contribution >= 0.6 is 0 Å². The fourth-order valence-electron chi connectivity index (χ4n) is 2.19. The molecule has 2 aromatic rings. The molecule has 0 aliphatic rings. The highest BCUT2D eigenvalue weighted by molar-refractivity contribution is 6.84. The molecule has 0 unspecified atom stereocenters. The van der Waals surface area contributed by atoms with Crippen LogP contribution in [0.25, 0.3) is 0 Å². The van der Waals surface area contributed by atoms with Gasteiger partial charge < -0.3 is 0 Å². The maximum atomic E-state index is 2.39. The fourth-order valence-corrected chi connectivity index (χ4v) is 4.34. The summed E-state index contributed by atoms with van der Waals surface area (Å²) in [7, 11) is -0.619. The second-order valence-corrected chi connectivity index (χ2v) is 7.10. The van der Waals surface area contributed by atoms with E-state index in [1.807, 2.05) is 0 Å². The molecule has 0 aliphatic carbocycles. The minimum atomic E-state index is -0.619. The fraction of sp³-hybridized carbons (Fsp3) is 0.250. The number of rotatable bonds is 3. The van der Waals surface area contributed by atoms with E-state index in [0.29, 0.717) is 5.92 Å². The van der Waals surface area contributed by atoms with Crippen LogP contribution < -0.4 is 10.4 Å². The molecule has 2 rings (SSSR count). The van der Waals surface area contributed by atoms with E-state index in [-0.39, 0.29) is 0 Å². The second-order valence-electron chi connectivity index (χ2n) is 4.73. The van der Waals surface area contributed by atoms with Crippen molar-refractivity contribution < 1.29 is 0 Å². The molecule has 1 heteroatoms. The molecule has 0 aliphatic heterocycles. The van der Waals surface area contributed by atoms with E-state index in [4.69, 9.17) is 0 Å². The predicted molar refractivity (Wildman–Crippen MR) is 77.9 cm³/mol. The van der Waals surface area contributed by atoms with Crippen molar-refractivity contribution in [3.05, 3.63) is 60.2 Å². The average molecular weight is 239 g/mol. The minimum Gasteiger partial charge on any atom is -0.0628 e. The molecule has 0 atom stereocenters. The lowest BCUT2D eigenvalue weighted by Gasteiger charge is -2.17. The lowest BCUT2D eigenvalue weighted by atomic mass is 10.0. The summed E-state index contributed by atoms with van der Waals surface area (Å²) in [5.41, 5.74) is 1.51. The van der Waals surface area contributed by atoms with Crippen molar-refractivity contribution >= 4 is 19.2 Å². The molecule has 17 heavy (non-hydrogen) atoms. The van der Waals surface area contributed by atoms with Gasteiger partial charge in [0.15, 0.2) is 0 Å². The van der Waals surface area contributed by atoms with Crippen LogP contribution in [0, 0.1) is 0 Å². The molecule has 0 saturated heterocycles. The van der Waals surface area contributed by atoms with Gasteiger partial charge in [0.2, 0.25) is 0 Å². The van der Waals surface area contributed by atoms with Gasteiger partial charge >= 0.3 is 0 Å². The first kappa shape index (κ1) is 12.1. The molecule has 2 aromatic carbocycles. The first-order valence-corrected chi connectivity index (χ1v) is 8.18. The van der Waals surface area contributed by atoms with Gasteiger partial charge in [0, 0.05) is 0 Å². The lowest BCUT2D eigenvalue weighted by Crippen LogP contribution is -2.41. The highest BCUT2D eigenvalue weighted by atomic mass is 28.3. The van der Waals surface area contributed by atoms with E-state index in [1.165, 1.54) is 10.8 Å². The van der Waals surface area contributed by atoms with Crippen LogP contribution in [0.15, 0.2) is 54.6 Å². The van der Waals surface area contributed by atoms with Crippen molar-refractivity contribution in [1.29, 1.82) is 0 Å². The zero-order valence-electron chi connectivity index (χ0n) is 10.8. The van der Waals surface area contributed by atoms with Crippen molar-refractivity contribution in [3.63, 3.8) is 0 Å². The van der Waals surface area contributed by atoms with Gasteiger partial charge in [-0.3, -0.25) is 0 Å². The predicted octanol–water partition coefficient (Wildman–Crippen LogP) is 3.05. The molecule has 0 aromatic heterocycles. The van der Waals surface area contributed by atoms with Gasteiger partial charge in [0.25, 0.3) is 0 Å². The summed E-state index contributed by atoms with van der Waals surface area (Å²) in [5.74, 6) is 0.606. The Labute approximate surface area is 106 Å². The zero-order valence-corrected chi connectivity index (χ0v) is 11.8. The van der Waals surface area contributed by atoms with E-state index in [2.05, 4.69) is 75.0 Å². The summed E-state index contributed by atoms with van der Waals surface area (Å²) in [5, 5.41) is 3.05. The molecule has 0 nitrogen and oxygen atoms in total. The van der Waals surface area contributed by atoms with E-state index in [1.54, 1.807) is 5.19 Å². The summed E-state index contributed by atoms with van der Waals surface area (Å²) < 4.78 is 0. The van der Waals surface area contributed by atoms with Crippen molar-refractivity contribution in [2.24, 2.45) is 0 Å². The van der Waals surface area contributed by atoms with Crippen molar-refractivity contribution in [2.75, 3.05) is 0 Å². The van der Waals surface area contributed by atoms with Crippen LogP contribution in [0.1, 0.15) is 25.3 Å². The van der Waals surface area contributed by atoms with Gasteiger partial charge in [-0.1, -0.05) is 85.4 Å². The van der Waals surface area contributed by atoms with Gasteiger partial charge in [0.1, 0.15) is 8.80 Å². The molecule has 0 amide bonds. The quantitative estimate of drug-likeness (QED) is 0.722. The summed E-state index contributed by atoms with van der Waals surface area (Å²) >= 11 is 0. The van der Waals surface area contributed by atoms with Gasteiger partial charge in [-0.25, -0.2) is 0 Å². The summed E-state index contributed by atoms with van der Waals surface area (Å²) in [4.78, 5) is 0. The Bertz CT molecular complexity index is 474. The molecule has 0 heterocycles. The maximum absolute atomic E-state index is 2.39. The van der Waals surface area contributed by atoms with Crippen molar-refractivity contribution in [3.8, 4) is 0 Å². The Morgan fingerprint density at radius 1 is 0.824 bits per heavy atom. The SMILES string of the molecule is CC(C)c1ccccc1[Si](C)c1ccccc1. The monoisotopic (exact) mass is 239 g/mol. The van der Waals surface area contributed by atoms with Gasteiger partial charge in [-0.05, 0) is 11.5 Å². The van der Waals surface area contributed by atoms with E-state index in [0.717, 1.165) is 0 Å². The van der Waals surface area contributed by atoms with E-state index >= 15 is 0 Å². The summed E-state index contributed by atoms with van der Waals surface area (Å²) in [6.07, 6.45) is 0. The lowest BCUT2D eigenvalue weighted by molar-refractivity contribution is 0.873. The molecule has 0 bridgehead atoms. The van der Waals surface area contributed by atoms with Gasteiger partial charge in [-0.15, -0.1) is 0 Å². The molecular formula is C16H19Si. The van der Waals surface area contributed by atoms with Crippen molar-refractivity contribution in [1.82, 2.24) is 0 Å². The Morgan fingerprint density at radius 2 is 1.41 bits per heavy atom. The van der Waals surface area contributed by atoms with Gasteiger partial charge in [-0.2, -0.15) is 0 Å². The maximum Gasteiger partial charge on any atom is 0.118 e.